The van der Waals surface area contributed by atoms with Crippen LogP contribution in [-0.4, -0.2) is 21.8 Å². The Morgan fingerprint density at radius 3 is 2.94 bits per heavy atom. The van der Waals surface area contributed by atoms with E-state index in [0.29, 0.717) is 10.9 Å². The summed E-state index contributed by atoms with van der Waals surface area (Å²) in [4.78, 5) is 15.9. The number of phenols is 1. The van der Waals surface area contributed by atoms with Crippen LogP contribution in [0, 0.1) is 0 Å². The third kappa shape index (κ3) is 1.42. The van der Waals surface area contributed by atoms with Crippen molar-refractivity contribution in [2.45, 2.75) is 0 Å². The Hall–Kier alpha value is -2.30. The number of nitrogens with zero attached hydrogens (tertiary/aromatic N) is 2. The minimum Gasteiger partial charge on any atom is -0.504 e. The van der Waals surface area contributed by atoms with Crippen molar-refractivity contribution < 1.29 is 9.84 Å². The van der Waals surface area contributed by atoms with Crippen molar-refractivity contribution in [3.05, 3.63) is 35.4 Å². The molecule has 0 unspecified atom stereocenters. The zero-order valence-electron chi connectivity index (χ0n) is 8.67. The molecule has 0 aliphatic rings. The number of aromatic nitrogens is 2. The van der Waals surface area contributed by atoms with E-state index in [1.165, 1.54) is 36.3 Å². The van der Waals surface area contributed by atoms with Gasteiger partial charge in [-0.15, -0.1) is 0 Å². The van der Waals surface area contributed by atoms with Crippen molar-refractivity contribution in [1.82, 2.24) is 9.55 Å². The molecular formula is C11H10N2O3. The molecule has 0 saturated carbocycles. The summed E-state index contributed by atoms with van der Waals surface area (Å²) < 4.78 is 6.17. The second-order valence-electron chi connectivity index (χ2n) is 3.18. The molecule has 0 amide bonds. The fourth-order valence-corrected chi connectivity index (χ4v) is 1.45. The summed E-state index contributed by atoms with van der Waals surface area (Å²) in [6, 6.07) is 2.85. The van der Waals surface area contributed by atoms with Crippen molar-refractivity contribution >= 4 is 17.1 Å². The van der Waals surface area contributed by atoms with E-state index in [1.807, 2.05) is 0 Å². The first-order chi connectivity index (χ1) is 7.67. The van der Waals surface area contributed by atoms with Gasteiger partial charge in [0, 0.05) is 12.3 Å². The van der Waals surface area contributed by atoms with Gasteiger partial charge in [0.1, 0.15) is 6.33 Å². The molecule has 0 aliphatic heterocycles. The molecule has 5 nitrogen and oxygen atoms in total. The fourth-order valence-electron chi connectivity index (χ4n) is 1.45. The topological polar surface area (TPSA) is 64.3 Å². The minimum atomic E-state index is -0.280. The minimum absolute atomic E-state index is 0.0873. The number of fused-ring (bicyclic) bond motifs is 1. The lowest BCUT2D eigenvalue weighted by atomic mass is 10.2. The predicted octanol–water partition coefficient (Wildman–Crippen LogP) is 1.21. The van der Waals surface area contributed by atoms with Crippen molar-refractivity contribution in [2.75, 3.05) is 7.11 Å². The average molecular weight is 218 g/mol. The van der Waals surface area contributed by atoms with Gasteiger partial charge >= 0.3 is 0 Å². The van der Waals surface area contributed by atoms with Gasteiger partial charge in [0.25, 0.3) is 5.56 Å². The number of aromatic hydroxyl groups is 1. The fraction of sp³-hybridized carbons (Fsp3) is 0.0909. The molecule has 0 radical (unpaired) electrons. The van der Waals surface area contributed by atoms with Crippen molar-refractivity contribution in [3.8, 4) is 11.5 Å². The maximum absolute atomic E-state index is 11.8. The van der Waals surface area contributed by atoms with E-state index in [9.17, 15) is 9.90 Å². The molecule has 0 saturated heterocycles. The van der Waals surface area contributed by atoms with E-state index >= 15 is 0 Å². The SMILES string of the molecule is C=Cn1cnc2cc(OC)c(O)cc2c1=O. The van der Waals surface area contributed by atoms with Crippen molar-refractivity contribution in [2.24, 2.45) is 0 Å². The molecule has 5 heteroatoms. The maximum Gasteiger partial charge on any atom is 0.265 e. The summed E-state index contributed by atoms with van der Waals surface area (Å²) >= 11 is 0. The van der Waals surface area contributed by atoms with E-state index in [0.717, 1.165) is 0 Å². The molecule has 0 atom stereocenters. The summed E-state index contributed by atoms with van der Waals surface area (Å²) in [6.45, 7) is 3.49. The summed E-state index contributed by atoms with van der Waals surface area (Å²) in [5.41, 5.74) is 0.190. The Labute approximate surface area is 91.2 Å². The third-order valence-corrected chi connectivity index (χ3v) is 2.28. The average Bonchev–Trinajstić information content (AvgIpc) is 2.30. The molecular weight excluding hydrogens is 208 g/mol. The molecule has 16 heavy (non-hydrogen) atoms. The van der Waals surface area contributed by atoms with E-state index < -0.39 is 0 Å². The van der Waals surface area contributed by atoms with Gasteiger partial charge in [0.2, 0.25) is 0 Å². The van der Waals surface area contributed by atoms with E-state index in [4.69, 9.17) is 4.74 Å². The van der Waals surface area contributed by atoms with E-state index in [2.05, 4.69) is 11.6 Å². The van der Waals surface area contributed by atoms with Crippen molar-refractivity contribution in [3.63, 3.8) is 0 Å². The number of hydrogen-bond acceptors (Lipinski definition) is 4. The number of ether oxygens (including phenoxy) is 1. The normalized spacial score (nSPS) is 10.3. The zero-order valence-corrected chi connectivity index (χ0v) is 8.67. The Morgan fingerprint density at radius 2 is 2.31 bits per heavy atom. The first-order valence-electron chi connectivity index (χ1n) is 4.57. The molecule has 0 aliphatic carbocycles. The largest absolute Gasteiger partial charge is 0.504 e. The number of rotatable bonds is 2. The van der Waals surface area contributed by atoms with Crippen LogP contribution in [0.2, 0.25) is 0 Å². The van der Waals surface area contributed by atoms with Gasteiger partial charge in [-0.1, -0.05) is 6.58 Å². The van der Waals surface area contributed by atoms with Gasteiger partial charge in [-0.3, -0.25) is 9.36 Å². The lowest BCUT2D eigenvalue weighted by molar-refractivity contribution is 0.374. The standard InChI is InChI=1S/C11H10N2O3/c1-3-13-6-12-8-5-10(16-2)9(14)4-7(8)11(13)15/h3-6,14H,1H2,2H3. The second-order valence-corrected chi connectivity index (χ2v) is 3.18. The van der Waals surface area contributed by atoms with Crippen LogP contribution in [-0.2, 0) is 0 Å². The molecule has 1 heterocycles. The lowest BCUT2D eigenvalue weighted by Gasteiger charge is -2.05. The van der Waals surface area contributed by atoms with Gasteiger partial charge < -0.3 is 9.84 Å². The van der Waals surface area contributed by atoms with Gasteiger partial charge in [0.05, 0.1) is 18.0 Å². The molecule has 1 aromatic carbocycles. The quantitative estimate of drug-likeness (QED) is 0.822. The van der Waals surface area contributed by atoms with Crippen LogP contribution in [0.25, 0.3) is 17.1 Å². The molecule has 0 spiro atoms. The van der Waals surface area contributed by atoms with Gasteiger partial charge in [-0.25, -0.2) is 4.98 Å². The Balaban J connectivity index is 2.86. The van der Waals surface area contributed by atoms with Crippen LogP contribution >= 0.6 is 0 Å². The molecule has 0 fully saturated rings. The highest BCUT2D eigenvalue weighted by Crippen LogP contribution is 2.28. The predicted molar refractivity (Wildman–Crippen MR) is 60.6 cm³/mol. The van der Waals surface area contributed by atoms with Crippen LogP contribution in [0.3, 0.4) is 0 Å². The lowest BCUT2D eigenvalue weighted by Crippen LogP contribution is -2.15. The first kappa shape index (κ1) is 10.2. The van der Waals surface area contributed by atoms with Crippen LogP contribution in [0.4, 0.5) is 0 Å². The van der Waals surface area contributed by atoms with Crippen LogP contribution in [0.1, 0.15) is 0 Å². The van der Waals surface area contributed by atoms with Gasteiger partial charge in [-0.2, -0.15) is 0 Å². The Kier molecular flexibility index (Phi) is 2.36. The number of benzene rings is 1. The zero-order chi connectivity index (χ0) is 11.7. The van der Waals surface area contributed by atoms with Crippen LogP contribution < -0.4 is 10.3 Å². The molecule has 2 aromatic rings. The molecule has 1 N–H and O–H groups in total. The summed E-state index contributed by atoms with van der Waals surface area (Å²) in [5, 5.41) is 9.89. The maximum atomic E-state index is 11.8. The molecule has 1 aromatic heterocycles. The third-order valence-electron chi connectivity index (χ3n) is 2.28. The van der Waals surface area contributed by atoms with Gasteiger partial charge in [0.15, 0.2) is 11.5 Å². The second kappa shape index (κ2) is 3.69. The summed E-state index contributed by atoms with van der Waals surface area (Å²) in [5.74, 6) is 0.200. The van der Waals surface area contributed by atoms with Gasteiger partial charge in [-0.05, 0) is 6.07 Å². The van der Waals surface area contributed by atoms with Crippen LogP contribution in [0.5, 0.6) is 11.5 Å². The highest BCUT2D eigenvalue weighted by molar-refractivity contribution is 5.81. The number of phenolic OH excluding ortho intramolecular Hbond substituents is 1. The summed E-state index contributed by atoms with van der Waals surface area (Å²) in [7, 11) is 1.44. The monoisotopic (exact) mass is 218 g/mol. The Morgan fingerprint density at radius 1 is 1.56 bits per heavy atom. The smallest absolute Gasteiger partial charge is 0.265 e. The Bertz CT molecular complexity index is 616. The number of hydrogen-bond donors (Lipinski definition) is 1. The number of methoxy groups -OCH3 is 1. The van der Waals surface area contributed by atoms with E-state index in [-0.39, 0.29) is 17.1 Å². The summed E-state index contributed by atoms with van der Waals surface area (Å²) in [6.07, 6.45) is 2.73. The van der Waals surface area contributed by atoms with Crippen molar-refractivity contribution in [1.29, 1.82) is 0 Å². The molecule has 82 valence electrons. The molecule has 2 rings (SSSR count). The first-order valence-corrected chi connectivity index (χ1v) is 4.57. The highest BCUT2D eigenvalue weighted by Gasteiger charge is 2.08. The van der Waals surface area contributed by atoms with E-state index in [1.54, 1.807) is 0 Å². The highest BCUT2D eigenvalue weighted by atomic mass is 16.5. The van der Waals surface area contributed by atoms with Crippen LogP contribution in [0.15, 0.2) is 29.8 Å². The molecule has 0 bridgehead atoms.